The molecule has 0 bridgehead atoms. The van der Waals surface area contributed by atoms with Crippen LogP contribution in [0.3, 0.4) is 0 Å². The summed E-state index contributed by atoms with van der Waals surface area (Å²) in [7, 11) is 0. The molecule has 0 N–H and O–H groups in total. The molecule has 18 heavy (non-hydrogen) atoms. The van der Waals surface area contributed by atoms with Gasteiger partial charge in [0.15, 0.2) is 0 Å². The van der Waals surface area contributed by atoms with Gasteiger partial charge in [-0.3, -0.25) is 0 Å². The second-order valence-electron chi connectivity index (χ2n) is 5.16. The summed E-state index contributed by atoms with van der Waals surface area (Å²) in [5, 5.41) is 9.31. The van der Waals surface area contributed by atoms with Crippen LogP contribution in [0.25, 0.3) is 0 Å². The topological polar surface area (TPSA) is 27.0 Å². The maximum absolute atomic E-state index is 9.31. The Morgan fingerprint density at radius 1 is 1.28 bits per heavy atom. The lowest BCUT2D eigenvalue weighted by atomic mass is 9.93. The van der Waals surface area contributed by atoms with E-state index < -0.39 is 0 Å². The molecular formula is C16H22N2. The van der Waals surface area contributed by atoms with E-state index in [9.17, 15) is 5.26 Å². The molecular weight excluding hydrogens is 220 g/mol. The van der Waals surface area contributed by atoms with Crippen LogP contribution in [0.15, 0.2) is 18.2 Å². The van der Waals surface area contributed by atoms with E-state index in [0.29, 0.717) is 6.04 Å². The third-order valence-corrected chi connectivity index (χ3v) is 4.00. The largest absolute Gasteiger partial charge is 0.368 e. The molecule has 0 heterocycles. The van der Waals surface area contributed by atoms with Gasteiger partial charge in [-0.1, -0.05) is 31.4 Å². The van der Waals surface area contributed by atoms with Crippen molar-refractivity contribution in [1.82, 2.24) is 0 Å². The fraction of sp³-hybridized carbons (Fsp3) is 0.562. The van der Waals surface area contributed by atoms with Crippen LogP contribution in [0.4, 0.5) is 5.69 Å². The highest BCUT2D eigenvalue weighted by molar-refractivity contribution is 5.64. The lowest BCUT2D eigenvalue weighted by Crippen LogP contribution is -2.37. The quantitative estimate of drug-likeness (QED) is 0.800. The van der Waals surface area contributed by atoms with Crippen molar-refractivity contribution < 1.29 is 0 Å². The predicted molar refractivity (Wildman–Crippen MR) is 75.8 cm³/mol. The molecule has 96 valence electrons. The summed E-state index contributed by atoms with van der Waals surface area (Å²) >= 11 is 0. The standard InChI is InChI=1S/C16H22N2/c1-3-18(15-10-5-4-6-11-15)16-13(2)8-7-9-14(16)12-17/h7-9,15H,3-6,10-11H2,1-2H3. The molecule has 0 unspecified atom stereocenters. The highest BCUT2D eigenvalue weighted by Gasteiger charge is 2.23. The molecule has 2 heteroatoms. The minimum absolute atomic E-state index is 0.622. The van der Waals surface area contributed by atoms with Gasteiger partial charge in [-0.05, 0) is 38.3 Å². The summed E-state index contributed by atoms with van der Waals surface area (Å²) in [5.41, 5.74) is 3.21. The van der Waals surface area contributed by atoms with Crippen molar-refractivity contribution in [3.8, 4) is 6.07 Å². The van der Waals surface area contributed by atoms with Crippen molar-refractivity contribution in [3.05, 3.63) is 29.3 Å². The van der Waals surface area contributed by atoms with Crippen LogP contribution >= 0.6 is 0 Å². The molecule has 2 rings (SSSR count). The molecule has 0 aromatic heterocycles. The Kier molecular flexibility index (Phi) is 4.25. The van der Waals surface area contributed by atoms with Gasteiger partial charge >= 0.3 is 0 Å². The number of para-hydroxylation sites is 1. The smallest absolute Gasteiger partial charge is 0.101 e. The number of anilines is 1. The first-order valence-corrected chi connectivity index (χ1v) is 7.04. The Hall–Kier alpha value is -1.49. The Balaban J connectivity index is 2.35. The number of hydrogen-bond donors (Lipinski definition) is 0. The van der Waals surface area contributed by atoms with Crippen molar-refractivity contribution in [3.63, 3.8) is 0 Å². The number of nitrogens with zero attached hydrogens (tertiary/aromatic N) is 2. The maximum atomic E-state index is 9.31. The maximum Gasteiger partial charge on any atom is 0.101 e. The van der Waals surface area contributed by atoms with Crippen molar-refractivity contribution in [1.29, 1.82) is 5.26 Å². The molecule has 0 atom stereocenters. The molecule has 0 radical (unpaired) electrons. The van der Waals surface area contributed by atoms with Gasteiger partial charge in [0.05, 0.1) is 11.3 Å². The first kappa shape index (κ1) is 13.0. The van der Waals surface area contributed by atoms with Gasteiger partial charge in [0.2, 0.25) is 0 Å². The van der Waals surface area contributed by atoms with E-state index in [0.717, 1.165) is 17.8 Å². The summed E-state index contributed by atoms with van der Waals surface area (Å²) in [4.78, 5) is 2.45. The molecule has 2 nitrogen and oxygen atoms in total. The monoisotopic (exact) mass is 242 g/mol. The van der Waals surface area contributed by atoms with Crippen LogP contribution in [-0.2, 0) is 0 Å². The summed E-state index contributed by atoms with van der Waals surface area (Å²) < 4.78 is 0. The van der Waals surface area contributed by atoms with Gasteiger partial charge in [-0.2, -0.15) is 5.26 Å². The summed E-state index contributed by atoms with van der Waals surface area (Å²) in [6.45, 7) is 5.30. The Morgan fingerprint density at radius 2 is 2.00 bits per heavy atom. The number of aryl methyl sites for hydroxylation is 1. The molecule has 0 spiro atoms. The summed E-state index contributed by atoms with van der Waals surface area (Å²) in [5.74, 6) is 0. The van der Waals surface area contributed by atoms with Gasteiger partial charge < -0.3 is 4.90 Å². The number of rotatable bonds is 3. The Morgan fingerprint density at radius 3 is 2.61 bits per heavy atom. The van der Waals surface area contributed by atoms with Crippen LogP contribution in [-0.4, -0.2) is 12.6 Å². The van der Waals surface area contributed by atoms with E-state index in [1.54, 1.807) is 0 Å². The molecule has 1 saturated carbocycles. The van der Waals surface area contributed by atoms with E-state index in [1.165, 1.54) is 37.7 Å². The third kappa shape index (κ3) is 2.51. The first-order valence-electron chi connectivity index (χ1n) is 7.04. The first-order chi connectivity index (χ1) is 8.77. The van der Waals surface area contributed by atoms with E-state index in [-0.39, 0.29) is 0 Å². The lowest BCUT2D eigenvalue weighted by Gasteiger charge is -2.36. The molecule has 0 saturated heterocycles. The normalized spacial score (nSPS) is 16.3. The van der Waals surface area contributed by atoms with E-state index >= 15 is 0 Å². The van der Waals surface area contributed by atoms with Gasteiger partial charge in [0.25, 0.3) is 0 Å². The van der Waals surface area contributed by atoms with Crippen molar-refractivity contribution >= 4 is 5.69 Å². The highest BCUT2D eigenvalue weighted by atomic mass is 15.2. The van der Waals surface area contributed by atoms with Gasteiger partial charge in [0, 0.05) is 12.6 Å². The zero-order valence-electron chi connectivity index (χ0n) is 11.4. The molecule has 1 aliphatic carbocycles. The van der Waals surface area contributed by atoms with Crippen molar-refractivity contribution in [2.45, 2.75) is 52.0 Å². The van der Waals surface area contributed by atoms with E-state index in [2.05, 4.69) is 30.9 Å². The minimum atomic E-state index is 0.622. The number of benzene rings is 1. The second kappa shape index (κ2) is 5.91. The number of hydrogen-bond acceptors (Lipinski definition) is 2. The van der Waals surface area contributed by atoms with Gasteiger partial charge in [-0.15, -0.1) is 0 Å². The Labute approximate surface area is 110 Å². The van der Waals surface area contributed by atoms with E-state index in [1.807, 2.05) is 12.1 Å². The third-order valence-electron chi connectivity index (χ3n) is 4.00. The molecule has 1 aromatic rings. The van der Waals surface area contributed by atoms with Crippen molar-refractivity contribution in [2.75, 3.05) is 11.4 Å². The fourth-order valence-corrected chi connectivity index (χ4v) is 3.12. The molecule has 1 fully saturated rings. The predicted octanol–water partition coefficient (Wildman–Crippen LogP) is 4.03. The SMILES string of the molecule is CCN(c1c(C)cccc1C#N)C1CCCCC1. The van der Waals surface area contributed by atoms with Crippen LogP contribution < -0.4 is 4.90 Å². The van der Waals surface area contributed by atoms with E-state index in [4.69, 9.17) is 0 Å². The Bertz CT molecular complexity index is 439. The van der Waals surface area contributed by atoms with Crippen LogP contribution in [0, 0.1) is 18.3 Å². The minimum Gasteiger partial charge on any atom is -0.368 e. The van der Waals surface area contributed by atoms with Crippen molar-refractivity contribution in [2.24, 2.45) is 0 Å². The van der Waals surface area contributed by atoms with Gasteiger partial charge in [0.1, 0.15) is 6.07 Å². The second-order valence-corrected chi connectivity index (χ2v) is 5.16. The zero-order valence-corrected chi connectivity index (χ0v) is 11.4. The summed E-state index contributed by atoms with van der Waals surface area (Å²) in [6, 6.07) is 9.00. The highest BCUT2D eigenvalue weighted by Crippen LogP contribution is 2.31. The molecule has 1 aromatic carbocycles. The van der Waals surface area contributed by atoms with Crippen LogP contribution in [0.2, 0.25) is 0 Å². The summed E-state index contributed by atoms with van der Waals surface area (Å²) in [6.07, 6.45) is 6.57. The van der Waals surface area contributed by atoms with Crippen LogP contribution in [0.5, 0.6) is 0 Å². The fourth-order valence-electron chi connectivity index (χ4n) is 3.12. The zero-order chi connectivity index (χ0) is 13.0. The number of nitriles is 1. The average molecular weight is 242 g/mol. The average Bonchev–Trinajstić information content (AvgIpc) is 2.42. The van der Waals surface area contributed by atoms with Gasteiger partial charge in [-0.25, -0.2) is 0 Å². The molecule has 0 aliphatic heterocycles. The lowest BCUT2D eigenvalue weighted by molar-refractivity contribution is 0.417. The molecule has 1 aliphatic rings. The molecule has 0 amide bonds. The van der Waals surface area contributed by atoms with Crippen LogP contribution in [0.1, 0.15) is 50.2 Å².